The van der Waals surface area contributed by atoms with Crippen LogP contribution in [0.3, 0.4) is 0 Å². The molecule has 0 saturated heterocycles. The van der Waals surface area contributed by atoms with E-state index < -0.39 is 0 Å². The minimum atomic E-state index is -0.365. The first kappa shape index (κ1) is 15.2. The van der Waals surface area contributed by atoms with Crippen LogP contribution in [0, 0.1) is 10.6 Å². The standard InChI is InChI=1S/C13H15BrFN3OS/c1-3-17(4-2)12(19)7-18-11-5-8(14)9(15)6-10(11)16-13(18)20/h5-6H,3-4,7H2,1-2H3,(H,16,20). The van der Waals surface area contributed by atoms with Crippen LogP contribution in [0.15, 0.2) is 16.6 Å². The number of hydrogen-bond donors (Lipinski definition) is 1. The fraction of sp³-hybridized carbons (Fsp3) is 0.385. The maximum Gasteiger partial charge on any atom is 0.242 e. The molecule has 1 aromatic heterocycles. The number of carbonyl (C=O) groups is 1. The summed E-state index contributed by atoms with van der Waals surface area (Å²) >= 11 is 8.37. The SMILES string of the molecule is CCN(CC)C(=O)Cn1c(=S)[nH]c2cc(F)c(Br)cc21. The molecule has 0 radical (unpaired) electrons. The number of nitrogens with zero attached hydrogens (tertiary/aromatic N) is 2. The Morgan fingerprint density at radius 3 is 2.70 bits per heavy atom. The van der Waals surface area contributed by atoms with Gasteiger partial charge in [0.2, 0.25) is 5.91 Å². The number of benzene rings is 1. The van der Waals surface area contributed by atoms with Crippen molar-refractivity contribution in [2.75, 3.05) is 13.1 Å². The van der Waals surface area contributed by atoms with Gasteiger partial charge in [0.15, 0.2) is 4.77 Å². The van der Waals surface area contributed by atoms with Gasteiger partial charge in [-0.05, 0) is 48.1 Å². The molecule has 108 valence electrons. The zero-order chi connectivity index (χ0) is 14.9. The molecule has 7 heteroatoms. The second kappa shape index (κ2) is 6.05. The van der Waals surface area contributed by atoms with Gasteiger partial charge in [-0.2, -0.15) is 0 Å². The third-order valence-corrected chi connectivity index (χ3v) is 4.16. The molecule has 4 nitrogen and oxygen atoms in total. The first-order valence-electron chi connectivity index (χ1n) is 6.33. The molecular formula is C13H15BrFN3OS. The number of carbonyl (C=O) groups excluding carboxylic acids is 1. The zero-order valence-corrected chi connectivity index (χ0v) is 13.6. The van der Waals surface area contributed by atoms with Crippen LogP contribution >= 0.6 is 28.1 Å². The van der Waals surface area contributed by atoms with E-state index in [1.807, 2.05) is 13.8 Å². The highest BCUT2D eigenvalue weighted by Crippen LogP contribution is 2.23. The molecule has 0 atom stereocenters. The first-order chi connectivity index (χ1) is 9.47. The Labute approximate surface area is 129 Å². The van der Waals surface area contributed by atoms with Crippen LogP contribution < -0.4 is 0 Å². The van der Waals surface area contributed by atoms with Crippen molar-refractivity contribution in [3.8, 4) is 0 Å². The molecule has 0 aliphatic heterocycles. The van der Waals surface area contributed by atoms with Gasteiger partial charge in [0.05, 0.1) is 15.5 Å². The number of amides is 1. The highest BCUT2D eigenvalue weighted by atomic mass is 79.9. The Morgan fingerprint density at radius 2 is 2.10 bits per heavy atom. The largest absolute Gasteiger partial charge is 0.342 e. The van der Waals surface area contributed by atoms with Crippen LogP contribution in [0.25, 0.3) is 11.0 Å². The first-order valence-corrected chi connectivity index (χ1v) is 7.53. The van der Waals surface area contributed by atoms with Gasteiger partial charge in [0, 0.05) is 19.2 Å². The summed E-state index contributed by atoms with van der Waals surface area (Å²) in [5.41, 5.74) is 1.30. The third-order valence-electron chi connectivity index (χ3n) is 3.23. The molecule has 2 rings (SSSR count). The number of fused-ring (bicyclic) bond motifs is 1. The van der Waals surface area contributed by atoms with Crippen LogP contribution in [0.2, 0.25) is 0 Å². The Hall–Kier alpha value is -1.21. The van der Waals surface area contributed by atoms with E-state index in [2.05, 4.69) is 20.9 Å². The third kappa shape index (κ3) is 2.78. The molecule has 1 N–H and O–H groups in total. The van der Waals surface area contributed by atoms with Gasteiger partial charge in [-0.1, -0.05) is 0 Å². The molecular weight excluding hydrogens is 345 g/mol. The summed E-state index contributed by atoms with van der Waals surface area (Å²) < 4.78 is 16.0. The fourth-order valence-corrected chi connectivity index (χ4v) is 2.72. The molecule has 0 aliphatic rings. The Kier molecular flexibility index (Phi) is 4.59. The minimum absolute atomic E-state index is 0.00699. The summed E-state index contributed by atoms with van der Waals surface area (Å²) in [6.45, 7) is 5.33. The molecule has 0 unspecified atom stereocenters. The van der Waals surface area contributed by atoms with E-state index >= 15 is 0 Å². The van der Waals surface area contributed by atoms with E-state index in [1.54, 1.807) is 15.5 Å². The van der Waals surface area contributed by atoms with Crippen LogP contribution in [-0.4, -0.2) is 33.4 Å². The van der Waals surface area contributed by atoms with Crippen molar-refractivity contribution in [1.29, 1.82) is 0 Å². The number of aromatic amines is 1. The molecule has 1 aromatic carbocycles. The topological polar surface area (TPSA) is 41.0 Å². The molecule has 0 spiro atoms. The normalized spacial score (nSPS) is 11.0. The lowest BCUT2D eigenvalue weighted by molar-refractivity contribution is -0.131. The van der Waals surface area contributed by atoms with Gasteiger partial charge < -0.3 is 14.5 Å². The number of imidazole rings is 1. The lowest BCUT2D eigenvalue weighted by atomic mass is 10.3. The van der Waals surface area contributed by atoms with E-state index in [0.29, 0.717) is 33.4 Å². The number of H-pyrrole nitrogens is 1. The number of aromatic nitrogens is 2. The summed E-state index contributed by atoms with van der Waals surface area (Å²) in [6.07, 6.45) is 0. The van der Waals surface area contributed by atoms with Gasteiger partial charge in [-0.15, -0.1) is 0 Å². The van der Waals surface area contributed by atoms with Gasteiger partial charge in [-0.3, -0.25) is 4.79 Å². The summed E-state index contributed by atoms with van der Waals surface area (Å²) in [6, 6.07) is 3.00. The highest BCUT2D eigenvalue weighted by Gasteiger charge is 2.14. The van der Waals surface area contributed by atoms with Crippen molar-refractivity contribution in [2.24, 2.45) is 0 Å². The number of rotatable bonds is 4. The Bertz CT molecular complexity index is 705. The molecule has 0 fully saturated rings. The second-order valence-corrected chi connectivity index (χ2v) is 5.61. The molecule has 0 bridgehead atoms. The van der Waals surface area contributed by atoms with E-state index in [0.717, 1.165) is 0 Å². The average molecular weight is 360 g/mol. The van der Waals surface area contributed by atoms with Crippen molar-refractivity contribution >= 4 is 45.1 Å². The minimum Gasteiger partial charge on any atom is -0.342 e. The van der Waals surface area contributed by atoms with Crippen molar-refractivity contribution in [3.05, 3.63) is 27.2 Å². The van der Waals surface area contributed by atoms with E-state index in [9.17, 15) is 9.18 Å². The molecule has 1 amide bonds. The summed E-state index contributed by atoms with van der Waals surface area (Å²) in [7, 11) is 0. The van der Waals surface area contributed by atoms with E-state index in [4.69, 9.17) is 12.2 Å². The van der Waals surface area contributed by atoms with Crippen molar-refractivity contribution in [3.63, 3.8) is 0 Å². The molecule has 0 aliphatic carbocycles. The van der Waals surface area contributed by atoms with E-state index in [-0.39, 0.29) is 18.3 Å². The quantitative estimate of drug-likeness (QED) is 0.849. The molecule has 20 heavy (non-hydrogen) atoms. The van der Waals surface area contributed by atoms with Crippen LogP contribution in [0.5, 0.6) is 0 Å². The maximum absolute atomic E-state index is 13.5. The Balaban J connectivity index is 2.44. The molecule has 0 saturated carbocycles. The van der Waals surface area contributed by atoms with Crippen LogP contribution in [-0.2, 0) is 11.3 Å². The monoisotopic (exact) mass is 359 g/mol. The zero-order valence-electron chi connectivity index (χ0n) is 11.2. The average Bonchev–Trinajstić information content (AvgIpc) is 2.68. The lowest BCUT2D eigenvalue weighted by Crippen LogP contribution is -2.33. The highest BCUT2D eigenvalue weighted by molar-refractivity contribution is 9.10. The predicted molar refractivity (Wildman–Crippen MR) is 82.7 cm³/mol. The fourth-order valence-electron chi connectivity index (χ4n) is 2.12. The van der Waals surface area contributed by atoms with Crippen molar-refractivity contribution in [1.82, 2.24) is 14.5 Å². The smallest absolute Gasteiger partial charge is 0.242 e. The van der Waals surface area contributed by atoms with Gasteiger partial charge in [0.1, 0.15) is 12.4 Å². The number of likely N-dealkylation sites (N-methyl/N-ethyl adjacent to an activating group) is 1. The Morgan fingerprint density at radius 1 is 1.45 bits per heavy atom. The van der Waals surface area contributed by atoms with Crippen LogP contribution in [0.4, 0.5) is 4.39 Å². The van der Waals surface area contributed by atoms with Crippen molar-refractivity contribution < 1.29 is 9.18 Å². The number of hydrogen-bond acceptors (Lipinski definition) is 2. The van der Waals surface area contributed by atoms with Crippen LogP contribution in [0.1, 0.15) is 13.8 Å². The summed E-state index contributed by atoms with van der Waals surface area (Å²) in [5.74, 6) is -0.372. The van der Waals surface area contributed by atoms with Gasteiger partial charge >= 0.3 is 0 Å². The number of nitrogens with one attached hydrogen (secondary N) is 1. The van der Waals surface area contributed by atoms with Gasteiger partial charge in [-0.25, -0.2) is 4.39 Å². The van der Waals surface area contributed by atoms with Gasteiger partial charge in [0.25, 0.3) is 0 Å². The molecule has 2 aromatic rings. The lowest BCUT2D eigenvalue weighted by Gasteiger charge is -2.19. The summed E-state index contributed by atoms with van der Waals surface area (Å²) in [5, 5.41) is 0. The summed E-state index contributed by atoms with van der Waals surface area (Å²) in [4.78, 5) is 16.8. The number of halogens is 2. The second-order valence-electron chi connectivity index (χ2n) is 4.37. The maximum atomic E-state index is 13.5. The molecule has 1 heterocycles. The van der Waals surface area contributed by atoms with E-state index in [1.165, 1.54) is 6.07 Å². The van der Waals surface area contributed by atoms with Crippen molar-refractivity contribution in [2.45, 2.75) is 20.4 Å². The predicted octanol–water partition coefficient (Wildman–Crippen LogP) is 3.47.